The van der Waals surface area contributed by atoms with Crippen molar-refractivity contribution in [2.45, 2.75) is 6.92 Å². The number of hydrogen-bond acceptors (Lipinski definition) is 3. The fraction of sp³-hybridized carbons (Fsp3) is 0.154. The number of hydrogen-bond donors (Lipinski definition) is 0. The minimum atomic E-state index is 0.220. The van der Waals surface area contributed by atoms with Crippen molar-refractivity contribution in [3.8, 4) is 16.9 Å². The molecule has 0 aliphatic carbocycles. The third-order valence-electron chi connectivity index (χ3n) is 2.41. The highest BCUT2D eigenvalue weighted by Crippen LogP contribution is 2.38. The normalized spacial score (nSPS) is 10.4. The predicted molar refractivity (Wildman–Crippen MR) is 70.7 cm³/mol. The summed E-state index contributed by atoms with van der Waals surface area (Å²) in [7, 11) is 0. The van der Waals surface area contributed by atoms with Crippen LogP contribution in [-0.2, 0) is 0 Å². The van der Waals surface area contributed by atoms with Crippen LogP contribution in [0, 0.1) is 0 Å². The fourth-order valence-corrected chi connectivity index (χ4v) is 2.11. The lowest BCUT2D eigenvalue weighted by molar-refractivity contribution is 0.110. The Morgan fingerprint density at radius 1 is 1.28 bits per heavy atom. The number of rotatable bonds is 4. The van der Waals surface area contributed by atoms with E-state index in [4.69, 9.17) is 32.4 Å². The maximum absolute atomic E-state index is 10.8. The molecule has 94 valence electrons. The van der Waals surface area contributed by atoms with Gasteiger partial charge >= 0.3 is 0 Å². The molecule has 0 aliphatic rings. The van der Waals surface area contributed by atoms with E-state index < -0.39 is 0 Å². The minimum absolute atomic E-state index is 0.220. The van der Waals surface area contributed by atoms with Crippen LogP contribution < -0.4 is 4.74 Å². The fourth-order valence-electron chi connectivity index (χ4n) is 1.64. The molecule has 0 saturated heterocycles. The summed E-state index contributed by atoms with van der Waals surface area (Å²) in [5.74, 6) is 0.737. The molecular weight excluding hydrogens is 275 g/mol. The summed E-state index contributed by atoms with van der Waals surface area (Å²) < 4.78 is 10.4. The highest BCUT2D eigenvalue weighted by Gasteiger charge is 2.14. The molecule has 2 rings (SSSR count). The van der Waals surface area contributed by atoms with Crippen LogP contribution in [0.5, 0.6) is 5.75 Å². The van der Waals surface area contributed by atoms with Crippen molar-refractivity contribution in [1.29, 1.82) is 0 Å². The van der Waals surface area contributed by atoms with E-state index in [1.165, 1.54) is 6.26 Å². The van der Waals surface area contributed by atoms with Crippen molar-refractivity contribution < 1.29 is 13.9 Å². The largest absolute Gasteiger partial charge is 0.492 e. The second kappa shape index (κ2) is 5.46. The van der Waals surface area contributed by atoms with Gasteiger partial charge in [0.15, 0.2) is 12.0 Å². The summed E-state index contributed by atoms with van der Waals surface area (Å²) in [5.41, 5.74) is 1.25. The summed E-state index contributed by atoms with van der Waals surface area (Å²) in [6.45, 7) is 2.36. The van der Waals surface area contributed by atoms with E-state index in [1.807, 2.05) is 6.92 Å². The molecule has 0 unspecified atom stereocenters. The van der Waals surface area contributed by atoms with E-state index in [0.717, 1.165) is 0 Å². The molecule has 1 heterocycles. The van der Waals surface area contributed by atoms with Crippen LogP contribution in [0.25, 0.3) is 11.1 Å². The minimum Gasteiger partial charge on any atom is -0.492 e. The van der Waals surface area contributed by atoms with Gasteiger partial charge in [-0.1, -0.05) is 23.2 Å². The molecule has 0 aliphatic heterocycles. The lowest BCUT2D eigenvalue weighted by atomic mass is 10.1. The van der Waals surface area contributed by atoms with E-state index in [9.17, 15) is 4.79 Å². The summed E-state index contributed by atoms with van der Waals surface area (Å²) >= 11 is 12.3. The van der Waals surface area contributed by atoms with Crippen LogP contribution in [0.15, 0.2) is 28.9 Å². The molecule has 0 fully saturated rings. The monoisotopic (exact) mass is 284 g/mol. The second-order valence-electron chi connectivity index (χ2n) is 3.51. The third kappa shape index (κ3) is 2.37. The molecule has 0 atom stereocenters. The van der Waals surface area contributed by atoms with E-state index >= 15 is 0 Å². The van der Waals surface area contributed by atoms with Gasteiger partial charge in [-0.15, -0.1) is 0 Å². The highest BCUT2D eigenvalue weighted by atomic mass is 35.5. The first-order valence-corrected chi connectivity index (χ1v) is 6.07. The molecule has 1 aromatic heterocycles. The van der Waals surface area contributed by atoms with Gasteiger partial charge in [0.1, 0.15) is 5.75 Å². The number of furan rings is 1. The molecule has 0 radical (unpaired) electrons. The molecule has 0 saturated carbocycles. The maximum atomic E-state index is 10.8. The molecule has 1 aromatic carbocycles. The zero-order chi connectivity index (χ0) is 13.1. The molecule has 5 heteroatoms. The molecule has 0 N–H and O–H groups in total. The van der Waals surface area contributed by atoms with Crippen LogP contribution in [0.3, 0.4) is 0 Å². The van der Waals surface area contributed by atoms with E-state index in [0.29, 0.717) is 39.8 Å². The zero-order valence-electron chi connectivity index (χ0n) is 9.57. The predicted octanol–water partition coefficient (Wildman–Crippen LogP) is 4.46. The summed E-state index contributed by atoms with van der Waals surface area (Å²) in [6, 6.07) is 4.96. The average Bonchev–Trinajstić information content (AvgIpc) is 2.81. The third-order valence-corrected chi connectivity index (χ3v) is 3.02. The van der Waals surface area contributed by atoms with Gasteiger partial charge < -0.3 is 9.15 Å². The topological polar surface area (TPSA) is 39.4 Å². The first-order chi connectivity index (χ1) is 8.67. The quantitative estimate of drug-likeness (QED) is 0.778. The maximum Gasteiger partial charge on any atom is 0.185 e. The molecular formula is C13H10Cl2O3. The Balaban J connectivity index is 2.52. The lowest BCUT2D eigenvalue weighted by Gasteiger charge is -2.09. The van der Waals surface area contributed by atoms with Gasteiger partial charge in [-0.25, -0.2) is 0 Å². The summed E-state index contributed by atoms with van der Waals surface area (Å²) in [4.78, 5) is 10.8. The van der Waals surface area contributed by atoms with Gasteiger partial charge in [0.05, 0.1) is 22.9 Å². The Bertz CT molecular complexity index is 576. The van der Waals surface area contributed by atoms with E-state index in [-0.39, 0.29) is 5.76 Å². The van der Waals surface area contributed by atoms with Gasteiger partial charge in [0.25, 0.3) is 0 Å². The van der Waals surface area contributed by atoms with Gasteiger partial charge in [0.2, 0.25) is 0 Å². The summed E-state index contributed by atoms with van der Waals surface area (Å²) in [5, 5.41) is 0.890. The summed E-state index contributed by atoms with van der Waals surface area (Å²) in [6.07, 6.45) is 2.07. The molecule has 3 nitrogen and oxygen atoms in total. The molecule has 0 bridgehead atoms. The van der Waals surface area contributed by atoms with Crippen LogP contribution >= 0.6 is 23.2 Å². The number of carbonyl (C=O) groups is 1. The smallest absolute Gasteiger partial charge is 0.185 e. The Morgan fingerprint density at radius 3 is 2.72 bits per heavy atom. The number of aldehydes is 1. The van der Waals surface area contributed by atoms with Crippen LogP contribution in [0.4, 0.5) is 0 Å². The molecule has 0 spiro atoms. The lowest BCUT2D eigenvalue weighted by Crippen LogP contribution is -1.93. The number of ether oxygens (including phenoxy) is 1. The number of halogens is 2. The van der Waals surface area contributed by atoms with Crippen LogP contribution in [0.1, 0.15) is 17.5 Å². The molecule has 18 heavy (non-hydrogen) atoms. The highest BCUT2D eigenvalue weighted by molar-refractivity contribution is 6.36. The number of carbonyl (C=O) groups excluding carboxylic acids is 1. The van der Waals surface area contributed by atoms with Crippen molar-refractivity contribution in [2.75, 3.05) is 6.61 Å². The number of benzene rings is 1. The zero-order valence-corrected chi connectivity index (χ0v) is 11.1. The van der Waals surface area contributed by atoms with E-state index in [1.54, 1.807) is 18.2 Å². The average molecular weight is 285 g/mol. The Labute approximate surface area is 114 Å². The molecule has 0 amide bonds. The van der Waals surface area contributed by atoms with Crippen LogP contribution in [-0.4, -0.2) is 12.9 Å². The first kappa shape index (κ1) is 13.0. The Kier molecular flexibility index (Phi) is 3.94. The van der Waals surface area contributed by atoms with Crippen molar-refractivity contribution in [3.63, 3.8) is 0 Å². The van der Waals surface area contributed by atoms with Gasteiger partial charge in [0, 0.05) is 17.2 Å². The van der Waals surface area contributed by atoms with Gasteiger partial charge in [-0.05, 0) is 19.1 Å². The molecule has 2 aromatic rings. The second-order valence-corrected chi connectivity index (χ2v) is 4.33. The van der Waals surface area contributed by atoms with Crippen molar-refractivity contribution in [1.82, 2.24) is 0 Å². The Hall–Kier alpha value is -1.45. The van der Waals surface area contributed by atoms with Gasteiger partial charge in [-0.2, -0.15) is 0 Å². The Morgan fingerprint density at radius 2 is 2.06 bits per heavy atom. The van der Waals surface area contributed by atoms with E-state index in [2.05, 4.69) is 0 Å². The standard InChI is InChI=1S/C13H10Cl2O3/c1-2-17-12-6-10(14)9(5-11(12)15)8-3-4-18-13(8)7-16/h3-7H,2H2,1H3. The van der Waals surface area contributed by atoms with Crippen molar-refractivity contribution in [2.24, 2.45) is 0 Å². The SMILES string of the molecule is CCOc1cc(Cl)c(-c2ccoc2C=O)cc1Cl. The van der Waals surface area contributed by atoms with Gasteiger partial charge in [-0.3, -0.25) is 4.79 Å². The van der Waals surface area contributed by atoms with Crippen molar-refractivity contribution in [3.05, 3.63) is 40.3 Å². The van der Waals surface area contributed by atoms with Crippen LogP contribution in [0.2, 0.25) is 10.0 Å². The first-order valence-electron chi connectivity index (χ1n) is 5.32. The van der Waals surface area contributed by atoms with Crippen molar-refractivity contribution >= 4 is 29.5 Å².